The van der Waals surface area contributed by atoms with Crippen molar-refractivity contribution < 1.29 is 16.8 Å². The lowest BCUT2D eigenvalue weighted by Gasteiger charge is -2.04. The molecule has 1 heterocycles. The summed E-state index contributed by atoms with van der Waals surface area (Å²) in [6.45, 7) is 1.51. The number of nitrogens with two attached hydrogens (primary N) is 1. The van der Waals surface area contributed by atoms with Gasteiger partial charge in [0.05, 0.1) is 11.4 Å². The van der Waals surface area contributed by atoms with Crippen molar-refractivity contribution in [1.82, 2.24) is 9.71 Å². The molecule has 18 heavy (non-hydrogen) atoms. The number of thiazole rings is 1. The number of primary sulfonamides is 1. The topological polar surface area (TPSA) is 119 Å². The van der Waals surface area contributed by atoms with Gasteiger partial charge < -0.3 is 0 Å². The van der Waals surface area contributed by atoms with E-state index in [1.165, 1.54) is 6.92 Å². The first kappa shape index (κ1) is 15.8. The highest BCUT2D eigenvalue weighted by Gasteiger charge is 2.20. The van der Waals surface area contributed by atoms with Crippen molar-refractivity contribution in [3.63, 3.8) is 0 Å². The van der Waals surface area contributed by atoms with Crippen LogP contribution in [0.15, 0.2) is 4.21 Å². The summed E-state index contributed by atoms with van der Waals surface area (Å²) in [6, 6.07) is 0. The number of nitrogens with zero attached hydrogens (tertiary/aromatic N) is 1. The van der Waals surface area contributed by atoms with Crippen molar-refractivity contribution in [3.05, 3.63) is 10.2 Å². The Bertz CT molecular complexity index is 622. The number of nitrogens with one attached hydrogen (secondary N) is 1. The molecule has 0 aliphatic heterocycles. The maximum absolute atomic E-state index is 11.8. The highest BCUT2D eigenvalue weighted by atomic mass is 35.5. The van der Waals surface area contributed by atoms with Crippen LogP contribution in [-0.4, -0.2) is 34.1 Å². The molecule has 0 fully saturated rings. The molecule has 0 saturated heterocycles. The molecular formula is C7H12ClN3O4S3. The molecule has 0 aliphatic rings. The molecule has 0 saturated carbocycles. The molecule has 7 nitrogen and oxygen atoms in total. The first-order valence-electron chi connectivity index (χ1n) is 4.75. The van der Waals surface area contributed by atoms with Crippen LogP contribution >= 0.6 is 22.9 Å². The Kier molecular flexibility index (Phi) is 5.09. The van der Waals surface area contributed by atoms with Gasteiger partial charge in [0.2, 0.25) is 10.0 Å². The van der Waals surface area contributed by atoms with E-state index in [-0.39, 0.29) is 27.4 Å². The number of aromatic nitrogens is 1. The SMILES string of the molecule is Cc1nc(Cl)sc1S(=O)(=O)NCCCS(N)(=O)=O. The zero-order chi connectivity index (χ0) is 14.0. The van der Waals surface area contributed by atoms with E-state index in [4.69, 9.17) is 16.7 Å². The zero-order valence-corrected chi connectivity index (χ0v) is 12.6. The summed E-state index contributed by atoms with van der Waals surface area (Å²) in [7, 11) is -7.28. The van der Waals surface area contributed by atoms with Crippen molar-refractivity contribution in [3.8, 4) is 0 Å². The van der Waals surface area contributed by atoms with Gasteiger partial charge in [-0.3, -0.25) is 0 Å². The fourth-order valence-corrected chi connectivity index (χ4v) is 4.55. The third-order valence-electron chi connectivity index (χ3n) is 1.87. The summed E-state index contributed by atoms with van der Waals surface area (Å²) in [5.74, 6) is -0.280. The Morgan fingerprint density at radius 3 is 2.44 bits per heavy atom. The zero-order valence-electron chi connectivity index (χ0n) is 9.38. The Morgan fingerprint density at radius 1 is 1.39 bits per heavy atom. The highest BCUT2D eigenvalue weighted by Crippen LogP contribution is 2.26. The minimum atomic E-state index is -3.70. The van der Waals surface area contributed by atoms with Crippen LogP contribution in [-0.2, 0) is 20.0 Å². The number of halogens is 1. The van der Waals surface area contributed by atoms with E-state index in [0.717, 1.165) is 11.3 Å². The van der Waals surface area contributed by atoms with Gasteiger partial charge in [0.25, 0.3) is 10.0 Å². The lowest BCUT2D eigenvalue weighted by molar-refractivity contribution is 0.577. The maximum atomic E-state index is 11.8. The molecule has 1 rings (SSSR count). The van der Waals surface area contributed by atoms with Gasteiger partial charge in [-0.05, 0) is 13.3 Å². The third-order valence-corrected chi connectivity index (χ3v) is 6.06. The maximum Gasteiger partial charge on any atom is 0.251 e. The van der Waals surface area contributed by atoms with E-state index in [0.29, 0.717) is 5.69 Å². The lowest BCUT2D eigenvalue weighted by Crippen LogP contribution is -2.27. The first-order valence-corrected chi connectivity index (χ1v) is 9.14. The molecule has 0 aliphatic carbocycles. The van der Waals surface area contributed by atoms with Gasteiger partial charge in [-0.2, -0.15) is 0 Å². The molecule has 0 aromatic carbocycles. The van der Waals surface area contributed by atoms with Crippen LogP contribution in [0.25, 0.3) is 0 Å². The molecule has 104 valence electrons. The van der Waals surface area contributed by atoms with Gasteiger partial charge in [-0.1, -0.05) is 22.9 Å². The molecule has 0 amide bonds. The van der Waals surface area contributed by atoms with Crippen LogP contribution < -0.4 is 9.86 Å². The minimum absolute atomic E-state index is 0.0201. The summed E-state index contributed by atoms with van der Waals surface area (Å²) < 4.78 is 47.4. The van der Waals surface area contributed by atoms with E-state index in [1.807, 2.05) is 0 Å². The predicted molar refractivity (Wildman–Crippen MR) is 69.6 cm³/mol. The Balaban J connectivity index is 2.64. The summed E-state index contributed by atoms with van der Waals surface area (Å²) in [5, 5.41) is 4.79. The number of hydrogen-bond acceptors (Lipinski definition) is 6. The summed E-state index contributed by atoms with van der Waals surface area (Å²) in [4.78, 5) is 3.79. The molecule has 1 aromatic heterocycles. The average molecular weight is 334 g/mol. The summed E-state index contributed by atoms with van der Waals surface area (Å²) in [6.07, 6.45) is 0.101. The summed E-state index contributed by atoms with van der Waals surface area (Å²) in [5.41, 5.74) is 0.309. The highest BCUT2D eigenvalue weighted by molar-refractivity contribution is 7.91. The average Bonchev–Trinajstić information content (AvgIpc) is 2.52. The largest absolute Gasteiger partial charge is 0.251 e. The molecule has 0 spiro atoms. The van der Waals surface area contributed by atoms with Crippen molar-refractivity contribution in [2.24, 2.45) is 5.14 Å². The summed E-state index contributed by atoms with van der Waals surface area (Å²) >= 11 is 6.46. The Hall–Kier alpha value is -0.260. The molecule has 0 radical (unpaired) electrons. The van der Waals surface area contributed by atoms with Gasteiger partial charge in [0.1, 0.15) is 0 Å². The Labute approximate surface area is 114 Å². The number of hydrogen-bond donors (Lipinski definition) is 2. The van der Waals surface area contributed by atoms with Crippen LogP contribution in [0.2, 0.25) is 4.47 Å². The Morgan fingerprint density at radius 2 is 2.00 bits per heavy atom. The standard InChI is InChI=1S/C7H12ClN3O4S3/c1-5-6(16-7(8)11-5)18(14,15)10-3-2-4-17(9,12)13/h10H,2-4H2,1H3,(H2,9,12,13). The van der Waals surface area contributed by atoms with Gasteiger partial charge in [-0.15, -0.1) is 0 Å². The molecule has 3 N–H and O–H groups in total. The second-order valence-corrected chi connectivity index (χ2v) is 8.74. The van der Waals surface area contributed by atoms with Gasteiger partial charge in [0, 0.05) is 6.54 Å². The first-order chi connectivity index (χ1) is 8.12. The van der Waals surface area contributed by atoms with Crippen molar-refractivity contribution in [2.75, 3.05) is 12.3 Å². The second-order valence-electron chi connectivity index (χ2n) is 3.46. The fraction of sp³-hybridized carbons (Fsp3) is 0.571. The molecular weight excluding hydrogens is 322 g/mol. The number of rotatable bonds is 6. The van der Waals surface area contributed by atoms with Crippen LogP contribution in [0.4, 0.5) is 0 Å². The number of sulfonamides is 2. The quantitative estimate of drug-likeness (QED) is 0.713. The lowest BCUT2D eigenvalue weighted by atomic mass is 10.5. The molecule has 0 atom stereocenters. The molecule has 11 heteroatoms. The van der Waals surface area contributed by atoms with Crippen molar-refractivity contribution >= 4 is 43.0 Å². The van der Waals surface area contributed by atoms with Crippen LogP contribution in [0, 0.1) is 6.92 Å². The van der Waals surface area contributed by atoms with Gasteiger partial charge in [-0.25, -0.2) is 31.7 Å². The normalized spacial score (nSPS) is 12.8. The molecule has 1 aromatic rings. The minimum Gasteiger partial charge on any atom is -0.229 e. The van der Waals surface area contributed by atoms with Crippen LogP contribution in [0.5, 0.6) is 0 Å². The second kappa shape index (κ2) is 5.80. The van der Waals surface area contributed by atoms with E-state index in [2.05, 4.69) is 9.71 Å². The van der Waals surface area contributed by atoms with Gasteiger partial charge >= 0.3 is 0 Å². The molecule has 0 bridgehead atoms. The third kappa shape index (κ3) is 4.78. The monoisotopic (exact) mass is 333 g/mol. The van der Waals surface area contributed by atoms with E-state index in [1.54, 1.807) is 0 Å². The van der Waals surface area contributed by atoms with Crippen molar-refractivity contribution in [1.29, 1.82) is 0 Å². The van der Waals surface area contributed by atoms with Gasteiger partial charge in [0.15, 0.2) is 8.68 Å². The van der Waals surface area contributed by atoms with Crippen LogP contribution in [0.3, 0.4) is 0 Å². The fourth-order valence-electron chi connectivity index (χ4n) is 1.15. The molecule has 0 unspecified atom stereocenters. The van der Waals surface area contributed by atoms with Crippen molar-refractivity contribution in [2.45, 2.75) is 17.6 Å². The van der Waals surface area contributed by atoms with E-state index < -0.39 is 20.0 Å². The predicted octanol–water partition coefficient (Wildman–Crippen LogP) is 0.0618. The van der Waals surface area contributed by atoms with E-state index in [9.17, 15) is 16.8 Å². The van der Waals surface area contributed by atoms with Crippen LogP contribution in [0.1, 0.15) is 12.1 Å². The van der Waals surface area contributed by atoms with E-state index >= 15 is 0 Å². The smallest absolute Gasteiger partial charge is 0.229 e. The number of aryl methyl sites for hydroxylation is 1.